The Hall–Kier alpha value is -4.05. The average molecular weight is 455 g/mol. The SMILES string of the molecule is CN1CCN(c2nccc3[nH]c(-c4[nH]nc5ncc(-c6cncc(N(C)C)c6)cc45)nc23)CC1. The van der Waals surface area contributed by atoms with Gasteiger partial charge in [0.15, 0.2) is 17.3 Å². The second-order valence-electron chi connectivity index (χ2n) is 8.93. The molecule has 0 amide bonds. The van der Waals surface area contributed by atoms with E-state index in [-0.39, 0.29) is 0 Å². The maximum Gasteiger partial charge on any atom is 0.181 e. The maximum atomic E-state index is 4.95. The fourth-order valence-electron chi connectivity index (χ4n) is 4.36. The number of likely N-dealkylation sites (N-methyl/N-ethyl adjacent to an activating group) is 1. The predicted octanol–water partition coefficient (Wildman–Crippen LogP) is 2.78. The normalized spacial score (nSPS) is 14.9. The predicted molar refractivity (Wildman–Crippen MR) is 134 cm³/mol. The van der Waals surface area contributed by atoms with Crippen molar-refractivity contribution in [3.8, 4) is 22.6 Å². The van der Waals surface area contributed by atoms with Crippen LogP contribution >= 0.6 is 0 Å². The molecule has 1 saturated heterocycles. The lowest BCUT2D eigenvalue weighted by Gasteiger charge is -2.33. The summed E-state index contributed by atoms with van der Waals surface area (Å²) in [6.07, 6.45) is 7.37. The molecule has 0 radical (unpaired) electrons. The third-order valence-electron chi connectivity index (χ3n) is 6.40. The van der Waals surface area contributed by atoms with Gasteiger partial charge in [0.2, 0.25) is 0 Å². The molecule has 34 heavy (non-hydrogen) atoms. The minimum atomic E-state index is 0.647. The first kappa shape index (κ1) is 20.5. The van der Waals surface area contributed by atoms with E-state index in [0.717, 1.165) is 76.7 Å². The summed E-state index contributed by atoms with van der Waals surface area (Å²) >= 11 is 0. The Morgan fingerprint density at radius 3 is 2.62 bits per heavy atom. The number of aromatic amines is 2. The van der Waals surface area contributed by atoms with Gasteiger partial charge < -0.3 is 19.7 Å². The van der Waals surface area contributed by atoms with Crippen molar-refractivity contribution in [1.82, 2.24) is 40.0 Å². The number of hydrogen-bond acceptors (Lipinski definition) is 8. The molecule has 6 heterocycles. The summed E-state index contributed by atoms with van der Waals surface area (Å²) in [5, 5.41) is 8.45. The third kappa shape index (κ3) is 3.52. The van der Waals surface area contributed by atoms with Crippen LogP contribution in [0.5, 0.6) is 0 Å². The molecule has 0 aromatic carbocycles. The fourth-order valence-corrected chi connectivity index (χ4v) is 4.36. The first-order valence-electron chi connectivity index (χ1n) is 11.3. The van der Waals surface area contributed by atoms with E-state index in [1.807, 2.05) is 49.8 Å². The Labute approximate surface area is 196 Å². The second kappa shape index (κ2) is 8.07. The molecule has 1 aliphatic rings. The van der Waals surface area contributed by atoms with Crippen LogP contribution in [0.15, 0.2) is 43.0 Å². The number of nitrogens with zero attached hydrogens (tertiary/aromatic N) is 8. The lowest BCUT2D eigenvalue weighted by atomic mass is 10.1. The Morgan fingerprint density at radius 1 is 0.971 bits per heavy atom. The molecule has 5 aromatic rings. The van der Waals surface area contributed by atoms with Gasteiger partial charge in [-0.15, -0.1) is 0 Å². The molecule has 0 atom stereocenters. The quantitative estimate of drug-likeness (QED) is 0.427. The summed E-state index contributed by atoms with van der Waals surface area (Å²) in [4.78, 5) is 28.7. The van der Waals surface area contributed by atoms with Crippen molar-refractivity contribution >= 4 is 33.6 Å². The number of H-pyrrole nitrogens is 2. The second-order valence-corrected chi connectivity index (χ2v) is 8.93. The van der Waals surface area contributed by atoms with Crippen LogP contribution < -0.4 is 9.80 Å². The van der Waals surface area contributed by atoms with E-state index >= 15 is 0 Å². The minimum Gasteiger partial charge on any atom is -0.376 e. The summed E-state index contributed by atoms with van der Waals surface area (Å²) in [6.45, 7) is 3.90. The number of piperazine rings is 1. The molecule has 172 valence electrons. The van der Waals surface area contributed by atoms with Gasteiger partial charge in [-0.1, -0.05) is 0 Å². The molecular formula is C24H26N10. The molecule has 0 aliphatic carbocycles. The van der Waals surface area contributed by atoms with Gasteiger partial charge in [0.05, 0.1) is 22.8 Å². The number of anilines is 2. The zero-order valence-electron chi connectivity index (χ0n) is 19.4. The monoisotopic (exact) mass is 454 g/mol. The minimum absolute atomic E-state index is 0.647. The number of rotatable bonds is 4. The molecule has 0 bridgehead atoms. The van der Waals surface area contributed by atoms with Crippen LogP contribution in [0.1, 0.15) is 0 Å². The molecule has 0 saturated carbocycles. The Morgan fingerprint density at radius 2 is 1.79 bits per heavy atom. The van der Waals surface area contributed by atoms with Crippen LogP contribution in [0.2, 0.25) is 0 Å². The van der Waals surface area contributed by atoms with Crippen LogP contribution in [0.3, 0.4) is 0 Å². The Balaban J connectivity index is 1.42. The molecule has 6 rings (SSSR count). The first-order valence-corrected chi connectivity index (χ1v) is 11.3. The van der Waals surface area contributed by atoms with Crippen molar-refractivity contribution < 1.29 is 0 Å². The summed E-state index contributed by atoms with van der Waals surface area (Å²) in [5.41, 5.74) is 6.29. The van der Waals surface area contributed by atoms with Gasteiger partial charge >= 0.3 is 0 Å². The molecule has 0 unspecified atom stereocenters. The van der Waals surface area contributed by atoms with Crippen LogP contribution in [0.4, 0.5) is 11.5 Å². The first-order chi connectivity index (χ1) is 16.6. The van der Waals surface area contributed by atoms with Crippen LogP contribution in [-0.2, 0) is 0 Å². The van der Waals surface area contributed by atoms with Gasteiger partial charge in [0.1, 0.15) is 11.2 Å². The number of hydrogen-bond donors (Lipinski definition) is 2. The van der Waals surface area contributed by atoms with Crippen molar-refractivity contribution in [2.24, 2.45) is 0 Å². The molecular weight excluding hydrogens is 428 g/mol. The van der Waals surface area contributed by atoms with E-state index in [1.54, 1.807) is 0 Å². The number of fused-ring (bicyclic) bond motifs is 2. The van der Waals surface area contributed by atoms with Crippen molar-refractivity contribution in [1.29, 1.82) is 0 Å². The van der Waals surface area contributed by atoms with Crippen LogP contribution in [0.25, 0.3) is 44.7 Å². The van der Waals surface area contributed by atoms with Crippen molar-refractivity contribution in [2.45, 2.75) is 0 Å². The van der Waals surface area contributed by atoms with E-state index in [1.165, 1.54) is 0 Å². The van der Waals surface area contributed by atoms with Gasteiger partial charge in [0, 0.05) is 70.0 Å². The van der Waals surface area contributed by atoms with E-state index in [2.05, 4.69) is 59.1 Å². The molecule has 0 spiro atoms. The fraction of sp³-hybridized carbons (Fsp3) is 0.292. The highest BCUT2D eigenvalue weighted by molar-refractivity contribution is 5.95. The van der Waals surface area contributed by atoms with Gasteiger partial charge in [-0.3, -0.25) is 10.1 Å². The topological polar surface area (TPSA) is 106 Å². The molecule has 1 aliphatic heterocycles. The summed E-state index contributed by atoms with van der Waals surface area (Å²) in [5.74, 6) is 1.64. The Kier molecular flexibility index (Phi) is 4.88. The highest BCUT2D eigenvalue weighted by Crippen LogP contribution is 2.31. The number of nitrogens with one attached hydrogen (secondary N) is 2. The smallest absolute Gasteiger partial charge is 0.181 e. The molecule has 2 N–H and O–H groups in total. The zero-order valence-corrected chi connectivity index (χ0v) is 19.4. The van der Waals surface area contributed by atoms with E-state index in [9.17, 15) is 0 Å². The van der Waals surface area contributed by atoms with Crippen LogP contribution in [-0.4, -0.2) is 87.3 Å². The van der Waals surface area contributed by atoms with Crippen molar-refractivity contribution in [3.63, 3.8) is 0 Å². The van der Waals surface area contributed by atoms with Crippen molar-refractivity contribution in [2.75, 3.05) is 57.1 Å². The number of pyridine rings is 3. The van der Waals surface area contributed by atoms with Crippen LogP contribution in [0, 0.1) is 0 Å². The lowest BCUT2D eigenvalue weighted by molar-refractivity contribution is 0.312. The van der Waals surface area contributed by atoms with Crippen molar-refractivity contribution in [3.05, 3.63) is 43.0 Å². The molecule has 10 nitrogen and oxygen atoms in total. The maximum absolute atomic E-state index is 4.95. The average Bonchev–Trinajstić information content (AvgIpc) is 3.48. The summed E-state index contributed by atoms with van der Waals surface area (Å²) in [6, 6.07) is 6.15. The highest BCUT2D eigenvalue weighted by atomic mass is 15.3. The summed E-state index contributed by atoms with van der Waals surface area (Å²) in [7, 11) is 6.16. The van der Waals surface area contributed by atoms with Gasteiger partial charge in [0.25, 0.3) is 0 Å². The van der Waals surface area contributed by atoms with Gasteiger partial charge in [-0.25, -0.2) is 15.0 Å². The number of imidazole rings is 1. The third-order valence-corrected chi connectivity index (χ3v) is 6.40. The van der Waals surface area contributed by atoms with Gasteiger partial charge in [-0.2, -0.15) is 5.10 Å². The van der Waals surface area contributed by atoms with E-state index in [0.29, 0.717) is 5.65 Å². The largest absolute Gasteiger partial charge is 0.376 e. The lowest BCUT2D eigenvalue weighted by Crippen LogP contribution is -2.44. The zero-order chi connectivity index (χ0) is 23.2. The van der Waals surface area contributed by atoms with E-state index in [4.69, 9.17) is 4.98 Å². The summed E-state index contributed by atoms with van der Waals surface area (Å²) < 4.78 is 0. The Bertz CT molecular complexity index is 1480. The van der Waals surface area contributed by atoms with E-state index < -0.39 is 0 Å². The molecule has 5 aromatic heterocycles. The van der Waals surface area contributed by atoms with Gasteiger partial charge in [-0.05, 0) is 25.2 Å². The number of aromatic nitrogens is 7. The standard InChI is InChI=1S/C24H26N10/c1-32(2)17-10-15(12-25-14-17)16-11-18-20(30-31-22(18)27-13-16)23-28-19-4-5-26-24(21(19)29-23)34-8-6-33(3)7-9-34/h4-5,10-14H,6-9H2,1-3H3,(H,28,29)(H,27,30,31). The molecule has 10 heteroatoms. The highest BCUT2D eigenvalue weighted by Gasteiger charge is 2.21. The molecule has 1 fully saturated rings.